The van der Waals surface area contributed by atoms with Crippen LogP contribution in [0.5, 0.6) is 0 Å². The Labute approximate surface area is 117 Å². The van der Waals surface area contributed by atoms with E-state index < -0.39 is 0 Å². The molecule has 0 saturated carbocycles. The molecule has 0 aromatic heterocycles. The Hall–Kier alpha value is 0.679. The summed E-state index contributed by atoms with van der Waals surface area (Å²) < 4.78 is 16.2. The Balaban J connectivity index is 2.51. The zero-order valence-corrected chi connectivity index (χ0v) is 15.0. The number of hydrogen-bond donors (Lipinski definition) is 0. The van der Waals surface area contributed by atoms with Crippen molar-refractivity contribution in [3.8, 4) is 0 Å². The first-order valence-electron chi connectivity index (χ1n) is 6.50. The number of rotatable bonds is 4. The van der Waals surface area contributed by atoms with E-state index in [4.69, 9.17) is 9.47 Å². The van der Waals surface area contributed by atoms with Gasteiger partial charge < -0.3 is 0 Å². The minimum absolute atomic E-state index is 0.0889. The van der Waals surface area contributed by atoms with E-state index in [1.165, 1.54) is 17.4 Å². The van der Waals surface area contributed by atoms with Crippen LogP contribution in [0.2, 0.25) is 4.44 Å². The van der Waals surface area contributed by atoms with Crippen molar-refractivity contribution < 1.29 is 9.47 Å². The van der Waals surface area contributed by atoms with Crippen molar-refractivity contribution in [2.75, 3.05) is 13.1 Å². The van der Waals surface area contributed by atoms with Crippen LogP contribution in [0.4, 0.5) is 0 Å². The normalized spacial score (nSPS) is 19.2. The summed E-state index contributed by atoms with van der Waals surface area (Å²) in [6.45, 7) is 14.8. The first kappa shape index (κ1) is 15.7. The predicted octanol–water partition coefficient (Wildman–Crippen LogP) is 2.69. The van der Waals surface area contributed by atoms with E-state index in [1.807, 2.05) is 0 Å². The van der Waals surface area contributed by atoms with Gasteiger partial charge in [-0.1, -0.05) is 0 Å². The van der Waals surface area contributed by atoms with Crippen molar-refractivity contribution >= 4 is 21.4 Å². The summed E-state index contributed by atoms with van der Waals surface area (Å²) in [7, 11) is 0. The summed E-state index contributed by atoms with van der Waals surface area (Å²) in [6, 6.07) is 0. The van der Waals surface area contributed by atoms with Crippen LogP contribution in [0, 0.1) is 0 Å². The fraction of sp³-hybridized carbons (Fsp3) is 1.00. The van der Waals surface area contributed by atoms with Gasteiger partial charge in [-0.25, -0.2) is 0 Å². The molecule has 0 unspecified atom stereocenters. The van der Waals surface area contributed by atoms with Crippen molar-refractivity contribution in [3.05, 3.63) is 0 Å². The minimum atomic E-state index is -0.287. The molecule has 0 N–H and O–H groups in total. The van der Waals surface area contributed by atoms with Crippen LogP contribution in [-0.4, -0.2) is 55.1 Å². The van der Waals surface area contributed by atoms with Gasteiger partial charge in [0.25, 0.3) is 0 Å². The predicted molar refractivity (Wildman–Crippen MR) is 72.2 cm³/mol. The molecular formula is C13H27NO2Sn. The summed E-state index contributed by atoms with van der Waals surface area (Å²) in [4.78, 5) is 0. The van der Waals surface area contributed by atoms with Gasteiger partial charge in [-0.15, -0.1) is 0 Å². The Morgan fingerprint density at radius 1 is 1.06 bits per heavy atom. The van der Waals surface area contributed by atoms with E-state index in [1.54, 1.807) is 0 Å². The van der Waals surface area contributed by atoms with Gasteiger partial charge in [-0.2, -0.15) is 0 Å². The fourth-order valence-corrected chi connectivity index (χ4v) is 5.31. The third-order valence-electron chi connectivity index (χ3n) is 2.28. The van der Waals surface area contributed by atoms with Gasteiger partial charge in [-0.05, 0) is 0 Å². The van der Waals surface area contributed by atoms with E-state index in [-0.39, 0.29) is 38.9 Å². The van der Waals surface area contributed by atoms with E-state index in [2.05, 4.69) is 44.7 Å². The molecule has 3 nitrogen and oxygen atoms in total. The number of hydrogen-bond acceptors (Lipinski definition) is 3. The summed E-state index contributed by atoms with van der Waals surface area (Å²) >= 11 is -0.287. The molecule has 0 aliphatic carbocycles. The molecule has 1 saturated heterocycles. The molecule has 0 atom stereocenters. The van der Waals surface area contributed by atoms with Gasteiger partial charge in [0, 0.05) is 0 Å². The average molecular weight is 348 g/mol. The van der Waals surface area contributed by atoms with Gasteiger partial charge >= 0.3 is 117 Å². The SMILES string of the molecule is CC(C)(C)OC(C[N]1CC[CH2][Sn]1)OC(C)(C)C. The molecule has 1 fully saturated rings. The van der Waals surface area contributed by atoms with Gasteiger partial charge in [0.2, 0.25) is 0 Å². The Kier molecular flexibility index (Phi) is 5.76. The Bertz CT molecular complexity index is 211. The zero-order valence-electron chi connectivity index (χ0n) is 12.2. The quantitative estimate of drug-likeness (QED) is 0.576. The second kappa shape index (κ2) is 6.22. The zero-order chi connectivity index (χ0) is 13.1. The molecule has 100 valence electrons. The standard InChI is InChI=1S/C13H27NO2.Sn/c1-8-9-14-10-11(15-12(2,3)4)16-13(5,6)7;/h11H,1,8-10H2,2-7H3;/q-1;+1. The van der Waals surface area contributed by atoms with E-state index in [0.717, 1.165) is 6.54 Å². The monoisotopic (exact) mass is 349 g/mol. The molecule has 1 aliphatic heterocycles. The molecule has 0 bridgehead atoms. The third kappa shape index (κ3) is 7.65. The van der Waals surface area contributed by atoms with Crippen molar-refractivity contribution in [1.29, 1.82) is 0 Å². The summed E-state index contributed by atoms with van der Waals surface area (Å²) in [6.07, 6.45) is 1.29. The van der Waals surface area contributed by atoms with Gasteiger partial charge in [0.1, 0.15) is 0 Å². The molecule has 1 rings (SSSR count). The van der Waals surface area contributed by atoms with E-state index in [0.29, 0.717) is 0 Å². The molecule has 2 radical (unpaired) electrons. The topological polar surface area (TPSA) is 21.7 Å². The number of ether oxygens (including phenoxy) is 2. The number of nitrogens with zero attached hydrogens (tertiary/aromatic N) is 1. The summed E-state index contributed by atoms with van der Waals surface area (Å²) in [5.41, 5.74) is -0.276. The second-order valence-electron chi connectivity index (χ2n) is 6.60. The third-order valence-corrected chi connectivity index (χ3v) is 6.36. The van der Waals surface area contributed by atoms with E-state index in [9.17, 15) is 0 Å². The first-order valence-corrected chi connectivity index (χ1v) is 9.79. The molecule has 17 heavy (non-hydrogen) atoms. The maximum atomic E-state index is 6.04. The van der Waals surface area contributed by atoms with E-state index >= 15 is 0 Å². The Morgan fingerprint density at radius 2 is 1.59 bits per heavy atom. The molecule has 0 aromatic carbocycles. The second-order valence-corrected chi connectivity index (χ2v) is 10.7. The summed E-state index contributed by atoms with van der Waals surface area (Å²) in [5, 5.41) is 0. The van der Waals surface area contributed by atoms with Crippen LogP contribution < -0.4 is 0 Å². The molecule has 0 spiro atoms. The molecule has 1 aliphatic rings. The van der Waals surface area contributed by atoms with Crippen LogP contribution in [0.25, 0.3) is 0 Å². The molecule has 1 heterocycles. The first-order chi connectivity index (χ1) is 7.66. The molecular weight excluding hydrogens is 321 g/mol. The van der Waals surface area contributed by atoms with Crippen molar-refractivity contribution in [2.24, 2.45) is 0 Å². The van der Waals surface area contributed by atoms with Crippen molar-refractivity contribution in [2.45, 2.75) is 69.9 Å². The summed E-state index contributed by atoms with van der Waals surface area (Å²) in [5.74, 6) is 0. The van der Waals surface area contributed by atoms with Crippen LogP contribution in [-0.2, 0) is 9.47 Å². The van der Waals surface area contributed by atoms with Crippen LogP contribution in [0.1, 0.15) is 48.0 Å². The van der Waals surface area contributed by atoms with Crippen LogP contribution >= 0.6 is 0 Å². The molecule has 0 amide bonds. The van der Waals surface area contributed by atoms with Gasteiger partial charge in [0.15, 0.2) is 0 Å². The molecule has 4 heteroatoms. The van der Waals surface area contributed by atoms with Crippen molar-refractivity contribution in [1.82, 2.24) is 3.12 Å². The maximum absolute atomic E-state index is 6.04. The van der Waals surface area contributed by atoms with Crippen molar-refractivity contribution in [3.63, 3.8) is 0 Å². The van der Waals surface area contributed by atoms with Gasteiger partial charge in [-0.3, -0.25) is 0 Å². The van der Waals surface area contributed by atoms with Gasteiger partial charge in [0.05, 0.1) is 0 Å². The van der Waals surface area contributed by atoms with Crippen LogP contribution in [0.15, 0.2) is 0 Å². The van der Waals surface area contributed by atoms with Crippen LogP contribution in [0.3, 0.4) is 0 Å². The average Bonchev–Trinajstić information content (AvgIpc) is 2.49. The Morgan fingerprint density at radius 3 is 1.94 bits per heavy atom. The molecule has 0 aromatic rings. The fourth-order valence-electron chi connectivity index (χ4n) is 1.81.